The van der Waals surface area contributed by atoms with Gasteiger partial charge < -0.3 is 15.2 Å². The second-order valence-electron chi connectivity index (χ2n) is 3.30. The highest BCUT2D eigenvalue weighted by atomic mass is 79.9. The van der Waals surface area contributed by atoms with Crippen LogP contribution in [0.3, 0.4) is 0 Å². The van der Waals surface area contributed by atoms with Crippen molar-refractivity contribution >= 4 is 21.6 Å². The summed E-state index contributed by atoms with van der Waals surface area (Å²) in [4.78, 5) is 11.8. The summed E-state index contributed by atoms with van der Waals surface area (Å²) >= 11 is 3.20. The van der Waals surface area contributed by atoms with Gasteiger partial charge in [0.05, 0.1) is 31.7 Å². The molecule has 0 atom stereocenters. The van der Waals surface area contributed by atoms with Crippen molar-refractivity contribution in [2.24, 2.45) is 0 Å². The number of terminal acetylenes is 1. The average Bonchev–Trinajstić information content (AvgIpc) is 2.37. The quantitative estimate of drug-likeness (QED) is 0.549. The van der Waals surface area contributed by atoms with Crippen LogP contribution in [-0.4, -0.2) is 41.3 Å². The van der Waals surface area contributed by atoms with E-state index in [1.165, 1.54) is 10.9 Å². The summed E-state index contributed by atoms with van der Waals surface area (Å²) in [6.07, 6.45) is 6.65. The van der Waals surface area contributed by atoms with Gasteiger partial charge in [-0.3, -0.25) is 4.79 Å². The normalized spacial score (nSPS) is 10.1. The fourth-order valence-electron chi connectivity index (χ4n) is 1.21. The summed E-state index contributed by atoms with van der Waals surface area (Å²) < 4.78 is 6.66. The lowest BCUT2D eigenvalue weighted by Crippen LogP contribution is -2.24. The third-order valence-electron chi connectivity index (χ3n) is 2.02. The number of nitrogens with zero attached hydrogens (tertiary/aromatic N) is 2. The van der Waals surface area contributed by atoms with Crippen LogP contribution in [0.25, 0.3) is 0 Å². The van der Waals surface area contributed by atoms with Crippen LogP contribution in [0.15, 0.2) is 15.5 Å². The van der Waals surface area contributed by atoms with Crippen LogP contribution in [0, 0.1) is 12.3 Å². The topological polar surface area (TPSA) is 76.4 Å². The van der Waals surface area contributed by atoms with E-state index in [2.05, 4.69) is 32.3 Å². The van der Waals surface area contributed by atoms with E-state index in [1.807, 2.05) is 0 Å². The summed E-state index contributed by atoms with van der Waals surface area (Å²) in [5.74, 6) is 2.35. The molecule has 0 radical (unpaired) electrons. The number of aliphatic hydroxyl groups is 1. The largest absolute Gasteiger partial charge is 0.394 e. The van der Waals surface area contributed by atoms with Gasteiger partial charge in [0.25, 0.3) is 5.56 Å². The molecule has 0 aliphatic heterocycles. The Balaban J connectivity index is 2.60. The summed E-state index contributed by atoms with van der Waals surface area (Å²) in [5.41, 5.74) is 0.301. The fourth-order valence-corrected chi connectivity index (χ4v) is 1.66. The SMILES string of the molecule is C#CCn1ncc(NCCOCCO)c(Br)c1=O. The molecule has 2 N–H and O–H groups in total. The summed E-state index contributed by atoms with van der Waals surface area (Å²) in [5, 5.41) is 15.5. The van der Waals surface area contributed by atoms with Gasteiger partial charge in [-0.1, -0.05) is 5.92 Å². The van der Waals surface area contributed by atoms with Gasteiger partial charge in [0.15, 0.2) is 0 Å². The first kappa shape index (κ1) is 14.7. The molecular weight excluding hydrogens is 302 g/mol. The van der Waals surface area contributed by atoms with Gasteiger partial charge in [0.2, 0.25) is 0 Å². The molecule has 1 rings (SSSR count). The van der Waals surface area contributed by atoms with Gasteiger partial charge in [-0.15, -0.1) is 6.42 Å². The summed E-state index contributed by atoms with van der Waals surface area (Å²) in [7, 11) is 0. The molecule has 0 saturated heterocycles. The van der Waals surface area contributed by atoms with E-state index in [0.717, 1.165) is 0 Å². The number of rotatable bonds is 7. The van der Waals surface area contributed by atoms with Crippen molar-refractivity contribution in [3.63, 3.8) is 0 Å². The van der Waals surface area contributed by atoms with Gasteiger partial charge >= 0.3 is 0 Å². The minimum absolute atomic E-state index is 0.00656. The molecular formula is C11H14BrN3O3. The maximum atomic E-state index is 11.8. The Morgan fingerprint density at radius 3 is 3.06 bits per heavy atom. The predicted octanol–water partition coefficient (Wildman–Crippen LogP) is 0.0598. The molecule has 1 aromatic heterocycles. The first-order valence-corrected chi connectivity index (χ1v) is 6.11. The molecule has 18 heavy (non-hydrogen) atoms. The van der Waals surface area contributed by atoms with Gasteiger partial charge in [0, 0.05) is 6.54 Å². The zero-order valence-corrected chi connectivity index (χ0v) is 11.3. The number of nitrogens with one attached hydrogen (secondary N) is 1. The van der Waals surface area contributed by atoms with Crippen molar-refractivity contribution in [1.29, 1.82) is 0 Å². The van der Waals surface area contributed by atoms with E-state index in [4.69, 9.17) is 16.3 Å². The Hall–Kier alpha value is -1.36. The second-order valence-corrected chi connectivity index (χ2v) is 4.09. The molecule has 0 saturated carbocycles. The maximum Gasteiger partial charge on any atom is 0.284 e. The van der Waals surface area contributed by atoms with Crippen LogP contribution in [0.1, 0.15) is 0 Å². The number of halogens is 1. The minimum atomic E-state index is -0.283. The number of aromatic nitrogens is 2. The Morgan fingerprint density at radius 1 is 1.61 bits per heavy atom. The van der Waals surface area contributed by atoms with Crippen LogP contribution >= 0.6 is 15.9 Å². The fraction of sp³-hybridized carbons (Fsp3) is 0.455. The molecule has 0 fully saturated rings. The summed E-state index contributed by atoms with van der Waals surface area (Å²) in [6.45, 7) is 1.37. The van der Waals surface area contributed by atoms with Gasteiger partial charge in [0.1, 0.15) is 11.0 Å². The van der Waals surface area contributed by atoms with E-state index >= 15 is 0 Å². The van der Waals surface area contributed by atoms with Gasteiger partial charge in [-0.25, -0.2) is 4.68 Å². The smallest absolute Gasteiger partial charge is 0.284 e. The van der Waals surface area contributed by atoms with Crippen LogP contribution in [0.5, 0.6) is 0 Å². The average molecular weight is 316 g/mol. The lowest BCUT2D eigenvalue weighted by molar-refractivity contribution is 0.0992. The zero-order valence-electron chi connectivity index (χ0n) is 9.73. The molecule has 0 bridgehead atoms. The Kier molecular flexibility index (Phi) is 6.43. The molecule has 0 aliphatic carbocycles. The molecule has 1 aromatic rings. The molecule has 1 heterocycles. The van der Waals surface area contributed by atoms with Crippen LogP contribution in [0.4, 0.5) is 5.69 Å². The van der Waals surface area contributed by atoms with Crippen molar-refractivity contribution in [3.8, 4) is 12.3 Å². The number of aliphatic hydroxyl groups excluding tert-OH is 1. The Morgan fingerprint density at radius 2 is 2.39 bits per heavy atom. The third-order valence-corrected chi connectivity index (χ3v) is 2.79. The van der Waals surface area contributed by atoms with Crippen molar-refractivity contribution in [2.75, 3.05) is 31.7 Å². The van der Waals surface area contributed by atoms with Gasteiger partial charge in [-0.05, 0) is 15.9 Å². The first-order valence-electron chi connectivity index (χ1n) is 5.32. The number of hydrogen-bond acceptors (Lipinski definition) is 5. The van der Waals surface area contributed by atoms with E-state index in [-0.39, 0.29) is 18.7 Å². The minimum Gasteiger partial charge on any atom is -0.394 e. The Bertz CT molecular complexity index is 481. The highest BCUT2D eigenvalue weighted by molar-refractivity contribution is 9.10. The van der Waals surface area contributed by atoms with Crippen molar-refractivity contribution < 1.29 is 9.84 Å². The number of anilines is 1. The maximum absolute atomic E-state index is 11.8. The molecule has 0 aromatic carbocycles. The highest BCUT2D eigenvalue weighted by Gasteiger charge is 2.07. The first-order chi connectivity index (χ1) is 8.70. The van der Waals surface area contributed by atoms with Gasteiger partial charge in [-0.2, -0.15) is 5.10 Å². The molecule has 7 heteroatoms. The lowest BCUT2D eigenvalue weighted by atomic mass is 10.4. The molecule has 6 nitrogen and oxygen atoms in total. The van der Waals surface area contributed by atoms with E-state index < -0.39 is 0 Å². The van der Waals surface area contributed by atoms with Crippen LogP contribution in [0.2, 0.25) is 0 Å². The van der Waals surface area contributed by atoms with E-state index in [1.54, 1.807) is 0 Å². The zero-order chi connectivity index (χ0) is 13.4. The molecule has 0 aliphatic rings. The second kappa shape index (κ2) is 7.87. The number of ether oxygens (including phenoxy) is 1. The van der Waals surface area contributed by atoms with Crippen molar-refractivity contribution in [3.05, 3.63) is 21.0 Å². The lowest BCUT2D eigenvalue weighted by Gasteiger charge is -2.09. The molecule has 0 unspecified atom stereocenters. The van der Waals surface area contributed by atoms with Crippen LogP contribution in [-0.2, 0) is 11.3 Å². The third kappa shape index (κ3) is 4.14. The standard InChI is InChI=1S/C11H14BrN3O3/c1-2-4-15-11(17)10(12)9(8-14-15)13-3-6-18-7-5-16/h1,8,13,16H,3-7H2. The summed E-state index contributed by atoms with van der Waals surface area (Å²) in [6, 6.07) is 0. The Labute approximate surface area is 113 Å². The van der Waals surface area contributed by atoms with Crippen LogP contribution < -0.4 is 10.9 Å². The molecule has 0 spiro atoms. The van der Waals surface area contributed by atoms with E-state index in [0.29, 0.717) is 29.9 Å². The monoisotopic (exact) mass is 315 g/mol. The van der Waals surface area contributed by atoms with E-state index in [9.17, 15) is 4.79 Å². The number of hydrogen-bond donors (Lipinski definition) is 2. The molecule has 0 amide bonds. The molecule has 98 valence electrons. The van der Waals surface area contributed by atoms with Crippen molar-refractivity contribution in [2.45, 2.75) is 6.54 Å². The van der Waals surface area contributed by atoms with Crippen molar-refractivity contribution in [1.82, 2.24) is 9.78 Å². The highest BCUT2D eigenvalue weighted by Crippen LogP contribution is 2.15. The predicted molar refractivity (Wildman–Crippen MR) is 71.4 cm³/mol.